The van der Waals surface area contributed by atoms with Gasteiger partial charge in [-0.25, -0.2) is 13.6 Å². The monoisotopic (exact) mass is 404 g/mol. The van der Waals surface area contributed by atoms with Gasteiger partial charge in [-0.3, -0.25) is 0 Å². The third kappa shape index (κ3) is 8.01. The van der Waals surface area contributed by atoms with E-state index in [0.717, 1.165) is 11.6 Å². The Morgan fingerprint density at radius 2 is 1.86 bits per heavy atom. The summed E-state index contributed by atoms with van der Waals surface area (Å²) in [5.41, 5.74) is 1.14. The highest BCUT2D eigenvalue weighted by atomic mass is 19.1. The summed E-state index contributed by atoms with van der Waals surface area (Å²) >= 11 is 0. The molecule has 0 aliphatic rings. The fourth-order valence-electron chi connectivity index (χ4n) is 2.92. The molecule has 0 aromatic heterocycles. The third-order valence-corrected chi connectivity index (χ3v) is 4.30. The molecule has 0 fully saturated rings. The molecule has 2 rings (SSSR count). The van der Waals surface area contributed by atoms with Crippen LogP contribution in [0.3, 0.4) is 0 Å². The number of likely N-dealkylation sites (N-methyl/N-ethyl adjacent to an activating group) is 1. The van der Waals surface area contributed by atoms with Crippen LogP contribution in [0.4, 0.5) is 13.6 Å². The van der Waals surface area contributed by atoms with Gasteiger partial charge in [0.15, 0.2) is 0 Å². The van der Waals surface area contributed by atoms with Crippen molar-refractivity contribution in [3.63, 3.8) is 0 Å². The molecule has 2 aromatic rings. The van der Waals surface area contributed by atoms with E-state index in [4.69, 9.17) is 4.74 Å². The van der Waals surface area contributed by atoms with Crippen LogP contribution in [0, 0.1) is 11.6 Å². The second-order valence-corrected chi connectivity index (χ2v) is 6.87. The Labute approximate surface area is 169 Å². The predicted octanol–water partition coefficient (Wildman–Crippen LogP) is 3.28. The first-order valence-corrected chi connectivity index (χ1v) is 9.27. The van der Waals surface area contributed by atoms with E-state index in [0.29, 0.717) is 12.1 Å². The van der Waals surface area contributed by atoms with Crippen molar-refractivity contribution in [2.75, 3.05) is 20.1 Å². The highest BCUT2D eigenvalue weighted by Gasteiger charge is 2.24. The van der Waals surface area contributed by atoms with Crippen LogP contribution in [0.15, 0.2) is 61.2 Å². The zero-order chi connectivity index (χ0) is 21.2. The molecule has 5 nitrogen and oxygen atoms in total. The first-order chi connectivity index (χ1) is 13.9. The molecule has 0 radical (unpaired) electrons. The maximum absolute atomic E-state index is 13.5. The van der Waals surface area contributed by atoms with Crippen molar-refractivity contribution in [2.45, 2.75) is 25.2 Å². The number of hydrogen-bond acceptors (Lipinski definition) is 4. The largest absolute Gasteiger partial charge is 0.445 e. The first-order valence-electron chi connectivity index (χ1n) is 9.27. The molecule has 2 N–H and O–H groups in total. The van der Waals surface area contributed by atoms with Gasteiger partial charge in [0.05, 0.1) is 12.1 Å². The van der Waals surface area contributed by atoms with E-state index in [1.807, 2.05) is 35.2 Å². The van der Waals surface area contributed by atoms with E-state index < -0.39 is 29.9 Å². The fraction of sp³-hybridized carbons (Fsp3) is 0.318. The Balaban J connectivity index is 2.05. The minimum absolute atomic E-state index is 0.0399. The Kier molecular flexibility index (Phi) is 8.76. The van der Waals surface area contributed by atoms with Crippen molar-refractivity contribution in [2.24, 2.45) is 0 Å². The first kappa shape index (κ1) is 22.5. The van der Waals surface area contributed by atoms with Crippen LogP contribution >= 0.6 is 0 Å². The molecule has 0 bridgehead atoms. The number of halogens is 2. The Morgan fingerprint density at radius 3 is 2.48 bits per heavy atom. The van der Waals surface area contributed by atoms with E-state index in [-0.39, 0.29) is 19.6 Å². The molecule has 0 saturated carbocycles. The lowest BCUT2D eigenvalue weighted by atomic mass is 10.0. The predicted molar refractivity (Wildman–Crippen MR) is 107 cm³/mol. The second kappa shape index (κ2) is 11.3. The van der Waals surface area contributed by atoms with Gasteiger partial charge in [0.1, 0.15) is 18.2 Å². The van der Waals surface area contributed by atoms with Gasteiger partial charge in [0.25, 0.3) is 0 Å². The zero-order valence-electron chi connectivity index (χ0n) is 16.4. The summed E-state index contributed by atoms with van der Waals surface area (Å²) in [6, 6.07) is 11.5. The number of benzene rings is 2. The SMILES string of the molecule is C=CCN(C)CC(O)C(Cc1cc(F)cc(F)c1)NC(=O)OCc1ccccc1. The number of alkyl carbamates (subject to hydrolysis) is 1. The third-order valence-electron chi connectivity index (χ3n) is 4.30. The molecule has 1 amide bonds. The van der Waals surface area contributed by atoms with Gasteiger partial charge >= 0.3 is 6.09 Å². The number of rotatable bonds is 10. The summed E-state index contributed by atoms with van der Waals surface area (Å²) in [6.07, 6.45) is 0.0143. The maximum Gasteiger partial charge on any atom is 0.407 e. The van der Waals surface area contributed by atoms with Gasteiger partial charge < -0.3 is 20.1 Å². The molecule has 0 spiro atoms. The number of carbonyl (C=O) groups excluding carboxylic acids is 1. The standard InChI is InChI=1S/C22H26F2N2O3/c1-3-9-26(2)14-21(27)20(12-17-10-18(23)13-19(24)11-17)25-22(28)29-15-16-7-5-4-6-8-16/h3-8,10-11,13,20-21,27H,1,9,12,14-15H2,2H3,(H,25,28). The minimum atomic E-state index is -0.990. The molecule has 2 unspecified atom stereocenters. The van der Waals surface area contributed by atoms with Gasteiger partial charge in [-0.2, -0.15) is 0 Å². The molecule has 0 aliphatic heterocycles. The summed E-state index contributed by atoms with van der Waals surface area (Å²) < 4.78 is 32.3. The lowest BCUT2D eigenvalue weighted by molar-refractivity contribution is 0.0809. The molecule has 0 saturated heterocycles. The van der Waals surface area contributed by atoms with Crippen LogP contribution in [0.1, 0.15) is 11.1 Å². The van der Waals surface area contributed by atoms with Crippen LogP contribution in [0.25, 0.3) is 0 Å². The van der Waals surface area contributed by atoms with Gasteiger partial charge in [0, 0.05) is 19.2 Å². The van der Waals surface area contributed by atoms with Gasteiger partial charge in [-0.15, -0.1) is 6.58 Å². The normalized spacial score (nSPS) is 13.0. The molecule has 0 heterocycles. The van der Waals surface area contributed by atoms with Gasteiger partial charge in [-0.05, 0) is 36.7 Å². The summed E-state index contributed by atoms with van der Waals surface area (Å²) in [5.74, 6) is -1.44. The highest BCUT2D eigenvalue weighted by molar-refractivity contribution is 5.67. The van der Waals surface area contributed by atoms with Crippen LogP contribution < -0.4 is 5.32 Å². The van der Waals surface area contributed by atoms with Gasteiger partial charge in [0.2, 0.25) is 0 Å². The van der Waals surface area contributed by atoms with E-state index in [2.05, 4.69) is 11.9 Å². The lowest BCUT2D eigenvalue weighted by Gasteiger charge is -2.27. The summed E-state index contributed by atoms with van der Waals surface area (Å²) in [4.78, 5) is 14.1. The van der Waals surface area contributed by atoms with Crippen LogP contribution in [-0.4, -0.2) is 48.4 Å². The zero-order valence-corrected chi connectivity index (χ0v) is 16.4. The molecular weight excluding hydrogens is 378 g/mol. The Bertz CT molecular complexity index is 782. The molecule has 7 heteroatoms. The van der Waals surface area contributed by atoms with Crippen molar-refractivity contribution < 1.29 is 23.4 Å². The highest BCUT2D eigenvalue weighted by Crippen LogP contribution is 2.13. The average molecular weight is 404 g/mol. The maximum atomic E-state index is 13.5. The fourth-order valence-corrected chi connectivity index (χ4v) is 2.92. The minimum Gasteiger partial charge on any atom is -0.445 e. The summed E-state index contributed by atoms with van der Waals surface area (Å²) in [7, 11) is 1.79. The van der Waals surface area contributed by atoms with Crippen LogP contribution in [0.2, 0.25) is 0 Å². The molecule has 29 heavy (non-hydrogen) atoms. The summed E-state index contributed by atoms with van der Waals surface area (Å²) in [6.45, 7) is 4.48. The number of aliphatic hydroxyl groups is 1. The van der Waals surface area contributed by atoms with Crippen molar-refractivity contribution in [3.05, 3.63) is 83.9 Å². The Morgan fingerprint density at radius 1 is 1.21 bits per heavy atom. The average Bonchev–Trinajstić information content (AvgIpc) is 2.66. The number of ether oxygens (including phenoxy) is 1. The van der Waals surface area contributed by atoms with Crippen molar-refractivity contribution in [3.8, 4) is 0 Å². The van der Waals surface area contributed by atoms with Crippen LogP contribution in [-0.2, 0) is 17.8 Å². The lowest BCUT2D eigenvalue weighted by Crippen LogP contribution is -2.49. The quantitative estimate of drug-likeness (QED) is 0.597. The van der Waals surface area contributed by atoms with E-state index in [1.54, 1.807) is 13.1 Å². The topological polar surface area (TPSA) is 61.8 Å². The van der Waals surface area contributed by atoms with E-state index in [9.17, 15) is 18.7 Å². The smallest absolute Gasteiger partial charge is 0.407 e. The van der Waals surface area contributed by atoms with Crippen molar-refractivity contribution in [1.29, 1.82) is 0 Å². The molecule has 2 aromatic carbocycles. The van der Waals surface area contributed by atoms with Crippen LogP contribution in [0.5, 0.6) is 0 Å². The van der Waals surface area contributed by atoms with E-state index in [1.165, 1.54) is 12.1 Å². The number of nitrogens with zero attached hydrogens (tertiary/aromatic N) is 1. The summed E-state index contributed by atoms with van der Waals surface area (Å²) in [5, 5.41) is 13.2. The molecule has 2 atom stereocenters. The molecule has 156 valence electrons. The van der Waals surface area contributed by atoms with Crippen molar-refractivity contribution in [1.82, 2.24) is 10.2 Å². The van der Waals surface area contributed by atoms with Gasteiger partial charge in [-0.1, -0.05) is 36.4 Å². The Hall–Kier alpha value is -2.77. The number of nitrogens with one attached hydrogen (secondary N) is 1. The number of carbonyl (C=O) groups is 1. The number of aliphatic hydroxyl groups excluding tert-OH is 1. The number of hydrogen-bond donors (Lipinski definition) is 2. The van der Waals surface area contributed by atoms with Crippen molar-refractivity contribution >= 4 is 6.09 Å². The molecule has 0 aliphatic carbocycles. The second-order valence-electron chi connectivity index (χ2n) is 6.87. The van der Waals surface area contributed by atoms with E-state index >= 15 is 0 Å². The molecular formula is C22H26F2N2O3. The number of amides is 1.